The normalized spacial score (nSPS) is 10.3. The van der Waals surface area contributed by atoms with Crippen LogP contribution < -0.4 is 4.74 Å². The molecule has 0 radical (unpaired) electrons. The van der Waals surface area contributed by atoms with Gasteiger partial charge in [-0.15, -0.1) is 11.6 Å². The van der Waals surface area contributed by atoms with Crippen molar-refractivity contribution in [3.05, 3.63) is 47.7 Å². The van der Waals surface area contributed by atoms with Crippen molar-refractivity contribution in [3.63, 3.8) is 0 Å². The summed E-state index contributed by atoms with van der Waals surface area (Å²) in [4.78, 5) is 8.07. The number of ether oxygens (including phenoxy) is 1. The van der Waals surface area contributed by atoms with Crippen molar-refractivity contribution >= 4 is 11.6 Å². The van der Waals surface area contributed by atoms with Crippen LogP contribution in [0.5, 0.6) is 11.6 Å². The van der Waals surface area contributed by atoms with Crippen LogP contribution in [0.2, 0.25) is 0 Å². The Labute approximate surface area is 103 Å². The van der Waals surface area contributed by atoms with E-state index in [0.717, 1.165) is 0 Å². The molecule has 0 N–H and O–H groups in total. The van der Waals surface area contributed by atoms with Gasteiger partial charge < -0.3 is 4.74 Å². The van der Waals surface area contributed by atoms with Gasteiger partial charge >= 0.3 is 0 Å². The summed E-state index contributed by atoms with van der Waals surface area (Å²) in [6, 6.07) is 4.50. The molecular weight excluding hydrogens is 243 g/mol. The minimum atomic E-state index is -0.263. The molecule has 0 saturated heterocycles. The van der Waals surface area contributed by atoms with Crippen molar-refractivity contribution in [2.45, 2.75) is 12.8 Å². The SMILES string of the molecule is Cc1cc(Oc2cnc(CCl)cn2)ccc1F. The average Bonchev–Trinajstić information content (AvgIpc) is 2.35. The van der Waals surface area contributed by atoms with E-state index >= 15 is 0 Å². The van der Waals surface area contributed by atoms with Gasteiger partial charge in [-0.3, -0.25) is 4.98 Å². The molecule has 0 fully saturated rings. The Hall–Kier alpha value is -1.68. The predicted octanol–water partition coefficient (Wildman–Crippen LogP) is 3.46. The lowest BCUT2D eigenvalue weighted by Gasteiger charge is -2.05. The van der Waals surface area contributed by atoms with E-state index in [4.69, 9.17) is 16.3 Å². The van der Waals surface area contributed by atoms with Gasteiger partial charge in [0.25, 0.3) is 0 Å². The molecule has 2 rings (SSSR count). The quantitative estimate of drug-likeness (QED) is 0.785. The van der Waals surface area contributed by atoms with E-state index in [1.54, 1.807) is 25.3 Å². The van der Waals surface area contributed by atoms with Gasteiger partial charge in [0.05, 0.1) is 24.0 Å². The zero-order valence-corrected chi connectivity index (χ0v) is 9.91. The number of halogens is 2. The van der Waals surface area contributed by atoms with Crippen LogP contribution in [-0.2, 0) is 5.88 Å². The Morgan fingerprint density at radius 1 is 1.29 bits per heavy atom. The second-order valence-electron chi connectivity index (χ2n) is 3.49. The average molecular weight is 253 g/mol. The van der Waals surface area contributed by atoms with Crippen molar-refractivity contribution in [2.24, 2.45) is 0 Å². The lowest BCUT2D eigenvalue weighted by molar-refractivity contribution is 0.457. The molecule has 5 heteroatoms. The fraction of sp³-hybridized carbons (Fsp3) is 0.167. The van der Waals surface area contributed by atoms with E-state index in [2.05, 4.69) is 9.97 Å². The van der Waals surface area contributed by atoms with E-state index in [0.29, 0.717) is 28.8 Å². The van der Waals surface area contributed by atoms with Crippen molar-refractivity contribution < 1.29 is 9.13 Å². The third-order valence-electron chi connectivity index (χ3n) is 2.17. The van der Waals surface area contributed by atoms with Crippen molar-refractivity contribution in [1.29, 1.82) is 0 Å². The first-order valence-corrected chi connectivity index (χ1v) is 5.53. The third kappa shape index (κ3) is 2.91. The number of nitrogens with zero attached hydrogens (tertiary/aromatic N) is 2. The maximum absolute atomic E-state index is 13.0. The Kier molecular flexibility index (Phi) is 3.54. The van der Waals surface area contributed by atoms with E-state index in [1.165, 1.54) is 12.3 Å². The van der Waals surface area contributed by atoms with Crippen LogP contribution in [-0.4, -0.2) is 9.97 Å². The first-order valence-electron chi connectivity index (χ1n) is 5.00. The number of rotatable bonds is 3. The molecule has 0 atom stereocenters. The molecule has 0 aliphatic heterocycles. The molecule has 17 heavy (non-hydrogen) atoms. The number of alkyl halides is 1. The molecule has 1 aromatic heterocycles. The second kappa shape index (κ2) is 5.10. The summed E-state index contributed by atoms with van der Waals surface area (Å²) in [6.45, 7) is 1.67. The fourth-order valence-electron chi connectivity index (χ4n) is 1.27. The van der Waals surface area contributed by atoms with Crippen LogP contribution in [0.4, 0.5) is 4.39 Å². The standard InChI is InChI=1S/C12H10ClFN2O/c1-8-4-10(2-3-11(8)14)17-12-7-15-9(5-13)6-16-12/h2-4,6-7H,5H2,1H3. The van der Waals surface area contributed by atoms with Crippen LogP contribution in [0.25, 0.3) is 0 Å². The first-order chi connectivity index (χ1) is 8.19. The van der Waals surface area contributed by atoms with Gasteiger partial charge in [0.15, 0.2) is 0 Å². The van der Waals surface area contributed by atoms with E-state index in [1.807, 2.05) is 0 Å². The number of benzene rings is 1. The van der Waals surface area contributed by atoms with E-state index in [9.17, 15) is 4.39 Å². The summed E-state index contributed by atoms with van der Waals surface area (Å²) in [6.07, 6.45) is 3.02. The lowest BCUT2D eigenvalue weighted by atomic mass is 10.2. The zero-order chi connectivity index (χ0) is 12.3. The molecule has 1 heterocycles. The Morgan fingerprint density at radius 3 is 2.71 bits per heavy atom. The topological polar surface area (TPSA) is 35.0 Å². The molecule has 2 aromatic rings. The molecule has 88 valence electrons. The summed E-state index contributed by atoms with van der Waals surface area (Å²) in [5, 5.41) is 0. The third-order valence-corrected chi connectivity index (χ3v) is 2.44. The van der Waals surface area contributed by atoms with Crippen LogP contribution in [0.1, 0.15) is 11.3 Å². The van der Waals surface area contributed by atoms with E-state index in [-0.39, 0.29) is 5.82 Å². The monoisotopic (exact) mass is 252 g/mol. The Bertz CT molecular complexity index is 516. The number of hydrogen-bond donors (Lipinski definition) is 0. The van der Waals surface area contributed by atoms with Gasteiger partial charge in [-0.1, -0.05) is 0 Å². The van der Waals surface area contributed by atoms with Crippen LogP contribution in [0.3, 0.4) is 0 Å². The van der Waals surface area contributed by atoms with Gasteiger partial charge in [-0.05, 0) is 30.7 Å². The van der Waals surface area contributed by atoms with Gasteiger partial charge in [-0.25, -0.2) is 9.37 Å². The molecule has 0 spiro atoms. The Morgan fingerprint density at radius 2 is 2.12 bits per heavy atom. The first kappa shape index (κ1) is 11.8. The number of aryl methyl sites for hydroxylation is 1. The van der Waals surface area contributed by atoms with Gasteiger partial charge in [0.2, 0.25) is 5.88 Å². The summed E-state index contributed by atoms with van der Waals surface area (Å²) in [5.41, 5.74) is 1.20. The van der Waals surface area contributed by atoms with Gasteiger partial charge in [0.1, 0.15) is 11.6 Å². The summed E-state index contributed by atoms with van der Waals surface area (Å²) in [7, 11) is 0. The summed E-state index contributed by atoms with van der Waals surface area (Å²) >= 11 is 5.59. The molecule has 0 aliphatic carbocycles. The molecule has 1 aromatic carbocycles. The van der Waals surface area contributed by atoms with Crippen molar-refractivity contribution in [1.82, 2.24) is 9.97 Å². The van der Waals surface area contributed by atoms with Crippen molar-refractivity contribution in [2.75, 3.05) is 0 Å². The molecule has 0 amide bonds. The number of hydrogen-bond acceptors (Lipinski definition) is 3. The zero-order valence-electron chi connectivity index (χ0n) is 9.15. The predicted molar refractivity (Wildman–Crippen MR) is 62.8 cm³/mol. The highest BCUT2D eigenvalue weighted by molar-refractivity contribution is 6.16. The molecule has 3 nitrogen and oxygen atoms in total. The van der Waals surface area contributed by atoms with Gasteiger partial charge in [-0.2, -0.15) is 0 Å². The van der Waals surface area contributed by atoms with Crippen molar-refractivity contribution in [3.8, 4) is 11.6 Å². The number of aromatic nitrogens is 2. The minimum absolute atomic E-state index is 0.263. The van der Waals surface area contributed by atoms with Gasteiger partial charge in [0, 0.05) is 0 Å². The molecular formula is C12H10ClFN2O. The molecule has 0 bridgehead atoms. The second-order valence-corrected chi connectivity index (χ2v) is 3.76. The van der Waals surface area contributed by atoms with Crippen LogP contribution >= 0.6 is 11.6 Å². The maximum Gasteiger partial charge on any atom is 0.237 e. The highest BCUT2D eigenvalue weighted by atomic mass is 35.5. The maximum atomic E-state index is 13.0. The summed E-state index contributed by atoms with van der Waals surface area (Å²) in [5.74, 6) is 0.922. The minimum Gasteiger partial charge on any atom is -0.437 e. The lowest BCUT2D eigenvalue weighted by Crippen LogP contribution is -1.93. The molecule has 0 unspecified atom stereocenters. The van der Waals surface area contributed by atoms with Crippen LogP contribution in [0, 0.1) is 12.7 Å². The molecule has 0 saturated carbocycles. The fourth-order valence-corrected chi connectivity index (χ4v) is 1.40. The smallest absolute Gasteiger partial charge is 0.237 e. The summed E-state index contributed by atoms with van der Waals surface area (Å²) < 4.78 is 18.5. The highest BCUT2D eigenvalue weighted by Crippen LogP contribution is 2.21. The van der Waals surface area contributed by atoms with Crippen LogP contribution in [0.15, 0.2) is 30.6 Å². The molecule has 0 aliphatic rings. The van der Waals surface area contributed by atoms with E-state index < -0.39 is 0 Å². The highest BCUT2D eigenvalue weighted by Gasteiger charge is 2.03. The largest absolute Gasteiger partial charge is 0.437 e. The Balaban J connectivity index is 2.16.